The quantitative estimate of drug-likeness (QED) is 0.669. The van der Waals surface area contributed by atoms with E-state index < -0.39 is 0 Å². The monoisotopic (exact) mass is 353 g/mol. The van der Waals surface area contributed by atoms with E-state index in [2.05, 4.69) is 32.1 Å². The van der Waals surface area contributed by atoms with Crippen LogP contribution in [0.1, 0.15) is 65.2 Å². The number of hydrogen-bond donors (Lipinski definition) is 1. The maximum Gasteiger partial charge on any atom is 0.306 e. The highest BCUT2D eigenvalue weighted by molar-refractivity contribution is 5.94. The lowest BCUT2D eigenvalue weighted by atomic mass is 9.50. The van der Waals surface area contributed by atoms with Crippen molar-refractivity contribution in [2.75, 3.05) is 0 Å². The van der Waals surface area contributed by atoms with E-state index in [0.29, 0.717) is 30.1 Å². The standard InChI is InChI=1S/C23H31NO2/c1-3-22-10-8-18-17-7-5-16(24)13-15(17)4-6-19(18)20(22)12-14(2)23(22)11-9-21(25)26-23/h4,6,13-14,17-20,24H,3,5,7-12H2,1-2H3/t14-,17?,18?,19?,20?,22?,23?/m1/s1. The highest BCUT2D eigenvalue weighted by Crippen LogP contribution is 2.69. The van der Waals surface area contributed by atoms with Gasteiger partial charge in [0.15, 0.2) is 0 Å². The molecule has 140 valence electrons. The second-order valence-corrected chi connectivity index (χ2v) is 9.57. The largest absolute Gasteiger partial charge is 0.458 e. The number of esters is 1. The summed E-state index contributed by atoms with van der Waals surface area (Å²) in [6.07, 6.45) is 15.4. The number of allylic oxidation sites excluding steroid dienone is 4. The first kappa shape index (κ1) is 16.8. The minimum atomic E-state index is -0.201. The molecule has 1 spiro atoms. The van der Waals surface area contributed by atoms with Crippen molar-refractivity contribution in [3.05, 3.63) is 23.8 Å². The normalized spacial score (nSPS) is 49.5. The fourth-order valence-electron chi connectivity index (χ4n) is 7.93. The van der Waals surface area contributed by atoms with Gasteiger partial charge in [0.2, 0.25) is 0 Å². The van der Waals surface area contributed by atoms with Gasteiger partial charge in [0.1, 0.15) is 5.60 Å². The van der Waals surface area contributed by atoms with E-state index in [-0.39, 0.29) is 17.0 Å². The zero-order chi connectivity index (χ0) is 18.1. The third-order valence-electron chi connectivity index (χ3n) is 8.99. The molecule has 1 saturated heterocycles. The van der Waals surface area contributed by atoms with Gasteiger partial charge in [-0.05, 0) is 86.2 Å². The first-order valence-electron chi connectivity index (χ1n) is 10.7. The lowest BCUT2D eigenvalue weighted by Gasteiger charge is -2.55. The number of carbonyl (C=O) groups is 1. The number of carbonyl (C=O) groups excluding carboxylic acids is 1. The van der Waals surface area contributed by atoms with Gasteiger partial charge in [-0.3, -0.25) is 4.79 Å². The summed E-state index contributed by atoms with van der Waals surface area (Å²) in [5.74, 6) is 3.14. The number of ether oxygens (including phenoxy) is 1. The Labute approximate surface area is 156 Å². The summed E-state index contributed by atoms with van der Waals surface area (Å²) in [7, 11) is 0. The van der Waals surface area contributed by atoms with E-state index in [1.165, 1.54) is 24.8 Å². The molecule has 0 aromatic carbocycles. The van der Waals surface area contributed by atoms with E-state index in [4.69, 9.17) is 10.1 Å². The molecule has 26 heavy (non-hydrogen) atoms. The van der Waals surface area contributed by atoms with Crippen molar-refractivity contribution in [3.63, 3.8) is 0 Å². The predicted octanol–water partition coefficient (Wildman–Crippen LogP) is 5.07. The fraction of sp³-hybridized carbons (Fsp3) is 0.739. The molecule has 1 aliphatic heterocycles. The van der Waals surface area contributed by atoms with Gasteiger partial charge in [0.25, 0.3) is 0 Å². The fourth-order valence-corrected chi connectivity index (χ4v) is 7.93. The summed E-state index contributed by atoms with van der Waals surface area (Å²) in [6, 6.07) is 0. The van der Waals surface area contributed by atoms with Gasteiger partial charge < -0.3 is 10.1 Å². The SMILES string of the molecule is CCC12CCC3C4CCC(=N)C=C4C=CC3C1C[C@@H](C)C21CCC(=O)O1. The smallest absolute Gasteiger partial charge is 0.306 e. The van der Waals surface area contributed by atoms with Crippen LogP contribution in [0.15, 0.2) is 23.8 Å². The Morgan fingerprint density at radius 2 is 2.12 bits per heavy atom. The summed E-state index contributed by atoms with van der Waals surface area (Å²) < 4.78 is 6.18. The van der Waals surface area contributed by atoms with Crippen LogP contribution in [0.4, 0.5) is 0 Å². The number of rotatable bonds is 1. The van der Waals surface area contributed by atoms with Crippen molar-refractivity contribution in [1.29, 1.82) is 5.41 Å². The average Bonchev–Trinajstić information content (AvgIpc) is 3.14. The molecule has 2 saturated carbocycles. The van der Waals surface area contributed by atoms with Crippen molar-refractivity contribution in [2.45, 2.75) is 70.8 Å². The van der Waals surface area contributed by atoms with Crippen LogP contribution in [-0.2, 0) is 9.53 Å². The molecule has 4 aliphatic carbocycles. The van der Waals surface area contributed by atoms with E-state index >= 15 is 0 Å². The van der Waals surface area contributed by atoms with Crippen LogP contribution in [0.25, 0.3) is 0 Å². The Morgan fingerprint density at radius 3 is 2.85 bits per heavy atom. The molecule has 0 radical (unpaired) electrons. The lowest BCUT2D eigenvalue weighted by molar-refractivity contribution is -0.173. The average molecular weight is 354 g/mol. The molecule has 7 atom stereocenters. The molecule has 5 aliphatic rings. The zero-order valence-electron chi connectivity index (χ0n) is 16.1. The molecular weight excluding hydrogens is 322 g/mol. The molecule has 5 rings (SSSR count). The molecule has 0 aromatic rings. The van der Waals surface area contributed by atoms with E-state index in [9.17, 15) is 4.79 Å². The highest BCUT2D eigenvalue weighted by Gasteiger charge is 2.69. The minimum Gasteiger partial charge on any atom is -0.458 e. The summed E-state index contributed by atoms with van der Waals surface area (Å²) in [5, 5.41) is 8.02. The highest BCUT2D eigenvalue weighted by atomic mass is 16.6. The third kappa shape index (κ3) is 1.95. The van der Waals surface area contributed by atoms with Crippen LogP contribution in [0.3, 0.4) is 0 Å². The van der Waals surface area contributed by atoms with E-state index in [0.717, 1.165) is 37.3 Å². The van der Waals surface area contributed by atoms with Gasteiger partial charge in [-0.15, -0.1) is 0 Å². The van der Waals surface area contributed by atoms with Crippen LogP contribution in [0, 0.1) is 40.4 Å². The van der Waals surface area contributed by atoms with Crippen LogP contribution in [-0.4, -0.2) is 17.3 Å². The predicted molar refractivity (Wildman–Crippen MR) is 102 cm³/mol. The van der Waals surface area contributed by atoms with Gasteiger partial charge in [-0.25, -0.2) is 0 Å². The molecule has 0 amide bonds. The van der Waals surface area contributed by atoms with E-state index in [1.807, 2.05) is 0 Å². The Hall–Kier alpha value is -1.38. The van der Waals surface area contributed by atoms with Crippen molar-refractivity contribution < 1.29 is 9.53 Å². The van der Waals surface area contributed by atoms with Gasteiger partial charge in [-0.1, -0.05) is 26.0 Å². The van der Waals surface area contributed by atoms with Crippen molar-refractivity contribution in [2.24, 2.45) is 35.0 Å². The van der Waals surface area contributed by atoms with Gasteiger partial charge in [0, 0.05) is 17.5 Å². The Morgan fingerprint density at radius 1 is 1.27 bits per heavy atom. The third-order valence-corrected chi connectivity index (χ3v) is 8.99. The summed E-state index contributed by atoms with van der Waals surface area (Å²) >= 11 is 0. The second-order valence-electron chi connectivity index (χ2n) is 9.57. The maximum atomic E-state index is 12.1. The van der Waals surface area contributed by atoms with Gasteiger partial charge in [-0.2, -0.15) is 0 Å². The molecule has 1 N–H and O–H groups in total. The summed E-state index contributed by atoms with van der Waals surface area (Å²) in [6.45, 7) is 4.67. The number of hydrogen-bond acceptors (Lipinski definition) is 3. The van der Waals surface area contributed by atoms with Crippen LogP contribution >= 0.6 is 0 Å². The van der Waals surface area contributed by atoms with E-state index in [1.54, 1.807) is 0 Å². The number of fused-ring (bicyclic) bond motifs is 6. The van der Waals surface area contributed by atoms with Crippen molar-refractivity contribution >= 4 is 11.7 Å². The second kappa shape index (κ2) is 5.56. The lowest BCUT2D eigenvalue weighted by Crippen LogP contribution is -2.54. The Kier molecular flexibility index (Phi) is 3.59. The van der Waals surface area contributed by atoms with Crippen LogP contribution in [0.2, 0.25) is 0 Å². The topological polar surface area (TPSA) is 50.2 Å². The molecule has 3 heteroatoms. The van der Waals surface area contributed by atoms with Crippen molar-refractivity contribution in [1.82, 2.24) is 0 Å². The van der Waals surface area contributed by atoms with Crippen LogP contribution in [0.5, 0.6) is 0 Å². The Bertz CT molecular complexity index is 722. The molecule has 3 fully saturated rings. The first-order valence-corrected chi connectivity index (χ1v) is 10.7. The molecule has 3 nitrogen and oxygen atoms in total. The minimum absolute atomic E-state index is 0.0302. The molecule has 1 heterocycles. The van der Waals surface area contributed by atoms with Gasteiger partial charge >= 0.3 is 5.97 Å². The number of nitrogens with one attached hydrogen (secondary N) is 1. The zero-order valence-corrected chi connectivity index (χ0v) is 16.1. The first-order chi connectivity index (χ1) is 12.5. The summed E-state index contributed by atoms with van der Waals surface area (Å²) in [5.41, 5.74) is 2.17. The summed E-state index contributed by atoms with van der Waals surface area (Å²) in [4.78, 5) is 12.1. The van der Waals surface area contributed by atoms with Crippen molar-refractivity contribution in [3.8, 4) is 0 Å². The molecule has 0 bridgehead atoms. The maximum absolute atomic E-state index is 12.1. The van der Waals surface area contributed by atoms with Gasteiger partial charge in [0.05, 0.1) is 0 Å². The molecular formula is C23H31NO2. The van der Waals surface area contributed by atoms with Crippen LogP contribution < -0.4 is 0 Å². The molecule has 6 unspecified atom stereocenters. The molecule has 0 aromatic heterocycles. The Balaban J connectivity index is 1.55.